The number of carbonyl (C=O) groups is 2. The van der Waals surface area contributed by atoms with Gasteiger partial charge in [0.1, 0.15) is 22.9 Å². The van der Waals surface area contributed by atoms with Crippen LogP contribution in [0.25, 0.3) is 6.08 Å². The summed E-state index contributed by atoms with van der Waals surface area (Å²) in [6.07, 6.45) is 2.85. The van der Waals surface area contributed by atoms with Crippen molar-refractivity contribution in [2.24, 2.45) is 4.99 Å². The first kappa shape index (κ1) is 24.6. The Balaban J connectivity index is 1.55. The first-order valence-corrected chi connectivity index (χ1v) is 11.2. The second-order valence-electron chi connectivity index (χ2n) is 7.06. The van der Waals surface area contributed by atoms with Crippen molar-refractivity contribution < 1.29 is 32.4 Å². The first-order valence-electron chi connectivity index (χ1n) is 10.2. The molecule has 2 amide bonds. The Labute approximate surface area is 206 Å². The highest BCUT2D eigenvalue weighted by atomic mass is 32.2. The maximum atomic E-state index is 13.1. The van der Waals surface area contributed by atoms with Gasteiger partial charge < -0.3 is 14.5 Å². The minimum atomic E-state index is -3.00. The molecule has 1 aliphatic rings. The molecule has 0 spiro atoms. The zero-order valence-corrected chi connectivity index (χ0v) is 19.0. The number of nitro benzene ring substituents is 1. The number of ether oxygens (including phenoxy) is 1. The van der Waals surface area contributed by atoms with Gasteiger partial charge in [0.25, 0.3) is 11.6 Å². The minimum Gasteiger partial charge on any atom is -0.465 e. The van der Waals surface area contributed by atoms with E-state index in [9.17, 15) is 28.5 Å². The van der Waals surface area contributed by atoms with E-state index >= 15 is 0 Å². The monoisotopic (exact) mass is 514 g/mol. The van der Waals surface area contributed by atoms with Crippen LogP contribution in [-0.4, -0.2) is 34.3 Å². The minimum absolute atomic E-state index is 0.0273. The van der Waals surface area contributed by atoms with E-state index in [-0.39, 0.29) is 33.7 Å². The molecule has 0 fully saturated rings. The number of aliphatic imine (C=N–C) groups is 1. The number of alkyl halides is 2. The molecule has 13 heteroatoms. The number of furan rings is 1. The van der Waals surface area contributed by atoms with Crippen LogP contribution in [0.1, 0.15) is 5.76 Å². The maximum Gasteiger partial charge on any atom is 0.387 e. The van der Waals surface area contributed by atoms with Crippen molar-refractivity contribution in [2.75, 3.05) is 16.0 Å². The molecule has 0 aliphatic carbocycles. The summed E-state index contributed by atoms with van der Waals surface area (Å²) in [7, 11) is 0. The fourth-order valence-corrected chi connectivity index (χ4v) is 3.97. The van der Waals surface area contributed by atoms with Crippen molar-refractivity contribution in [3.05, 3.63) is 88.5 Å². The number of hydrogen-bond acceptors (Lipinski definition) is 8. The Kier molecular flexibility index (Phi) is 7.39. The molecule has 1 aliphatic heterocycles. The summed E-state index contributed by atoms with van der Waals surface area (Å²) in [5, 5.41) is 13.8. The van der Waals surface area contributed by atoms with Crippen LogP contribution < -0.4 is 15.0 Å². The Bertz CT molecular complexity index is 1340. The topological polar surface area (TPSA) is 127 Å². The molecule has 1 aromatic heterocycles. The third kappa shape index (κ3) is 5.75. The van der Waals surface area contributed by atoms with Crippen LogP contribution in [0, 0.1) is 10.1 Å². The Hall–Kier alpha value is -4.52. The summed E-state index contributed by atoms with van der Waals surface area (Å²) in [5.41, 5.74) is 0.0948. The summed E-state index contributed by atoms with van der Waals surface area (Å²) >= 11 is 0.914. The van der Waals surface area contributed by atoms with Crippen molar-refractivity contribution >= 4 is 51.9 Å². The molecule has 0 saturated carbocycles. The molecule has 3 aromatic rings. The molecule has 0 saturated heterocycles. The number of hydrogen-bond donors (Lipinski definition) is 1. The van der Waals surface area contributed by atoms with Gasteiger partial charge in [-0.05, 0) is 42.5 Å². The molecule has 2 aromatic carbocycles. The van der Waals surface area contributed by atoms with Crippen LogP contribution in [0.15, 0.2) is 82.0 Å². The number of nitro groups is 1. The van der Waals surface area contributed by atoms with E-state index in [4.69, 9.17) is 4.42 Å². The van der Waals surface area contributed by atoms with Crippen LogP contribution in [0.4, 0.5) is 25.8 Å². The number of nitrogens with one attached hydrogen (secondary N) is 1. The number of rotatable bonds is 8. The SMILES string of the molecule is O=C(CSC1=N/C(=C\c2ccco2)C(=O)N1c1ccc(OC(F)F)cc1)Nc1ccccc1[N+](=O)[O-]. The number of nitrogens with zero attached hydrogens (tertiary/aromatic N) is 3. The van der Waals surface area contributed by atoms with Gasteiger partial charge in [0.2, 0.25) is 5.91 Å². The maximum absolute atomic E-state index is 13.1. The van der Waals surface area contributed by atoms with Crippen LogP contribution in [0.3, 0.4) is 0 Å². The number of benzene rings is 2. The normalized spacial score (nSPS) is 14.3. The lowest BCUT2D eigenvalue weighted by Gasteiger charge is -2.18. The van der Waals surface area contributed by atoms with Crippen LogP contribution >= 0.6 is 11.8 Å². The number of para-hydroxylation sites is 2. The lowest BCUT2D eigenvalue weighted by molar-refractivity contribution is -0.383. The molecule has 0 bridgehead atoms. The van der Waals surface area contributed by atoms with Crippen molar-refractivity contribution in [1.29, 1.82) is 0 Å². The quantitative estimate of drug-likeness (QED) is 0.257. The van der Waals surface area contributed by atoms with Crippen molar-refractivity contribution in [1.82, 2.24) is 0 Å². The molecule has 4 rings (SSSR count). The molecule has 2 heterocycles. The highest BCUT2D eigenvalue weighted by molar-refractivity contribution is 8.14. The van der Waals surface area contributed by atoms with Gasteiger partial charge in [0.15, 0.2) is 5.17 Å². The molecule has 0 unspecified atom stereocenters. The largest absolute Gasteiger partial charge is 0.465 e. The van der Waals surface area contributed by atoms with Crippen molar-refractivity contribution in [3.8, 4) is 5.75 Å². The Morgan fingerprint density at radius 2 is 1.94 bits per heavy atom. The molecule has 0 atom stereocenters. The van der Waals surface area contributed by atoms with Crippen molar-refractivity contribution in [3.63, 3.8) is 0 Å². The second kappa shape index (κ2) is 10.8. The van der Waals surface area contributed by atoms with E-state index in [1.165, 1.54) is 59.7 Å². The smallest absolute Gasteiger partial charge is 0.387 e. The standard InChI is InChI=1S/C23H16F2N4O6S/c24-22(25)35-15-9-7-14(8-10-15)28-21(31)18(12-16-4-3-11-34-16)27-23(28)36-13-20(30)26-17-5-1-2-6-19(17)29(32)33/h1-12,22H,13H2,(H,26,30)/b18-12-. The summed E-state index contributed by atoms with van der Waals surface area (Å²) in [6, 6.07) is 14.3. The van der Waals surface area contributed by atoms with Gasteiger partial charge in [0.05, 0.1) is 22.6 Å². The zero-order valence-electron chi connectivity index (χ0n) is 18.2. The third-order valence-corrected chi connectivity index (χ3v) is 5.62. The summed E-state index contributed by atoms with van der Waals surface area (Å²) in [5.74, 6) is -1.04. The predicted octanol–water partition coefficient (Wildman–Crippen LogP) is 4.90. The van der Waals surface area contributed by atoms with Gasteiger partial charge in [-0.1, -0.05) is 23.9 Å². The molecule has 1 N–H and O–H groups in total. The number of amides is 2. The van der Waals surface area contributed by atoms with E-state index < -0.39 is 23.3 Å². The molecular weight excluding hydrogens is 498 g/mol. The lowest BCUT2D eigenvalue weighted by Crippen LogP contribution is -2.31. The molecule has 184 valence electrons. The van der Waals surface area contributed by atoms with Gasteiger partial charge in [-0.25, -0.2) is 4.99 Å². The molecular formula is C23H16F2N4O6S. The van der Waals surface area contributed by atoms with Crippen LogP contribution in [0.2, 0.25) is 0 Å². The molecule has 0 radical (unpaired) electrons. The number of anilines is 2. The Morgan fingerprint density at radius 1 is 1.19 bits per heavy atom. The number of thioether (sulfide) groups is 1. The van der Waals surface area contributed by atoms with E-state index in [1.807, 2.05) is 0 Å². The van der Waals surface area contributed by atoms with E-state index in [0.717, 1.165) is 11.8 Å². The van der Waals surface area contributed by atoms with Gasteiger partial charge in [-0.3, -0.25) is 24.6 Å². The van der Waals surface area contributed by atoms with Crippen molar-refractivity contribution in [2.45, 2.75) is 6.61 Å². The lowest BCUT2D eigenvalue weighted by atomic mass is 10.2. The van der Waals surface area contributed by atoms with Gasteiger partial charge in [0, 0.05) is 12.1 Å². The average Bonchev–Trinajstić information content (AvgIpc) is 3.46. The van der Waals surface area contributed by atoms with Gasteiger partial charge >= 0.3 is 6.61 Å². The number of carbonyl (C=O) groups excluding carboxylic acids is 2. The predicted molar refractivity (Wildman–Crippen MR) is 129 cm³/mol. The highest BCUT2D eigenvalue weighted by Gasteiger charge is 2.33. The van der Waals surface area contributed by atoms with Crippen LogP contribution in [-0.2, 0) is 9.59 Å². The highest BCUT2D eigenvalue weighted by Crippen LogP contribution is 2.31. The molecule has 36 heavy (non-hydrogen) atoms. The molecule has 10 nitrogen and oxygen atoms in total. The second-order valence-corrected chi connectivity index (χ2v) is 8.01. The van der Waals surface area contributed by atoms with E-state index in [2.05, 4.69) is 15.0 Å². The van der Waals surface area contributed by atoms with E-state index in [1.54, 1.807) is 18.2 Å². The van der Waals surface area contributed by atoms with Crippen LogP contribution in [0.5, 0.6) is 5.75 Å². The van der Waals surface area contributed by atoms with Gasteiger partial charge in [-0.2, -0.15) is 8.78 Å². The zero-order chi connectivity index (χ0) is 25.7. The van der Waals surface area contributed by atoms with E-state index in [0.29, 0.717) is 11.4 Å². The fraction of sp³-hybridized carbons (Fsp3) is 0.0870. The number of halogens is 2. The first-order chi connectivity index (χ1) is 17.3. The Morgan fingerprint density at radius 3 is 2.61 bits per heavy atom. The third-order valence-electron chi connectivity index (χ3n) is 4.68. The summed E-state index contributed by atoms with van der Waals surface area (Å²) in [4.78, 5) is 41.7. The fourth-order valence-electron chi connectivity index (χ4n) is 3.16. The number of amidine groups is 1. The summed E-state index contributed by atoms with van der Waals surface area (Å²) < 4.78 is 34.5. The average molecular weight is 514 g/mol. The summed E-state index contributed by atoms with van der Waals surface area (Å²) in [6.45, 7) is -3.00. The van der Waals surface area contributed by atoms with Gasteiger partial charge in [-0.15, -0.1) is 0 Å².